The fourth-order valence-corrected chi connectivity index (χ4v) is 29.4. The lowest BCUT2D eigenvalue weighted by Crippen LogP contribution is -2.13. The average molecular weight is 960 g/mol. The smallest absolute Gasteiger partial charge is 0.0718 e. The molecule has 0 atom stereocenters. The van der Waals surface area contributed by atoms with Crippen LogP contribution in [0.3, 0.4) is 0 Å². The van der Waals surface area contributed by atoms with Gasteiger partial charge >= 0.3 is 0 Å². The van der Waals surface area contributed by atoms with Crippen molar-refractivity contribution in [1.29, 1.82) is 0 Å². The molecular formula is C30H22S18. The second-order valence-corrected chi connectivity index (χ2v) is 30.3. The zero-order chi connectivity index (χ0) is 33.1. The largest absolute Gasteiger partial charge is 0.121 e. The maximum atomic E-state index is 2.51. The number of rotatable bonds is 6. The molecule has 8 rings (SSSR count). The number of fused-ring (bicyclic) bond motifs is 2. The van der Waals surface area contributed by atoms with Crippen LogP contribution < -0.4 is 10.4 Å². The summed E-state index contributed by atoms with van der Waals surface area (Å²) in [5, 5.41) is 5.50. The highest BCUT2D eigenvalue weighted by Gasteiger charge is 2.37. The summed E-state index contributed by atoms with van der Waals surface area (Å²) in [6.07, 6.45) is 13.2. The quantitative estimate of drug-likeness (QED) is 0.269. The monoisotopic (exact) mass is 958 g/mol. The normalized spacial score (nSPS) is 21.3. The van der Waals surface area contributed by atoms with E-state index in [4.69, 9.17) is 0 Å². The summed E-state index contributed by atoms with van der Waals surface area (Å²) in [4.78, 5) is 2.79. The predicted octanol–water partition coefficient (Wildman–Crippen LogP) is 15.5. The molecule has 0 N–H and O–H groups in total. The lowest BCUT2D eigenvalue weighted by atomic mass is 10.1. The molecule has 0 saturated carbocycles. The predicted molar refractivity (Wildman–Crippen MR) is 261 cm³/mol. The van der Waals surface area contributed by atoms with Gasteiger partial charge in [-0.25, -0.2) is 0 Å². The molecule has 0 unspecified atom stereocenters. The molecule has 0 nitrogen and oxygen atoms in total. The summed E-state index contributed by atoms with van der Waals surface area (Å²) in [5.41, 5.74) is 0. The van der Waals surface area contributed by atoms with Crippen molar-refractivity contribution >= 4 is 231 Å². The molecule has 250 valence electrons. The lowest BCUT2D eigenvalue weighted by Gasteiger charge is -2.08. The first kappa shape index (κ1) is 38.1. The Labute approximate surface area is 358 Å². The van der Waals surface area contributed by atoms with Crippen LogP contribution in [0.2, 0.25) is 0 Å². The van der Waals surface area contributed by atoms with Crippen LogP contribution in [0.4, 0.5) is 0 Å². The standard InChI is InChI=1S/C30H22S18/c1-31-19-20(32-2)40-17(39-19)11-7-8-12(18-41-21(33-3)22(34-4)42-18)14-10-16-15(9-13(11)14)37-25(38-16)26-45-29-30(46-26)48-28(47-29)27-43-23(35-5)24(36-6)44-27/h7-10H,1-6H3. The van der Waals surface area contributed by atoms with Gasteiger partial charge in [-0.1, -0.05) is 153 Å². The van der Waals surface area contributed by atoms with Crippen LogP contribution in [-0.4, -0.2) is 37.5 Å². The summed E-state index contributed by atoms with van der Waals surface area (Å²) in [6.45, 7) is 0. The van der Waals surface area contributed by atoms with Crippen LogP contribution in [0.25, 0.3) is 19.2 Å². The summed E-state index contributed by atoms with van der Waals surface area (Å²) >= 11 is 34.9. The third-order valence-electron chi connectivity index (χ3n) is 6.89. The number of hydrogen-bond donors (Lipinski definition) is 0. The summed E-state index contributed by atoms with van der Waals surface area (Å²) in [7, 11) is 0. The molecule has 0 amide bonds. The van der Waals surface area contributed by atoms with E-state index in [9.17, 15) is 0 Å². The molecule has 6 heterocycles. The molecule has 0 bridgehead atoms. The van der Waals surface area contributed by atoms with Gasteiger partial charge in [-0.3, -0.25) is 0 Å². The van der Waals surface area contributed by atoms with E-state index in [-0.39, 0.29) is 0 Å². The van der Waals surface area contributed by atoms with E-state index in [1.807, 2.05) is 212 Å². The number of benzene rings is 2. The maximum absolute atomic E-state index is 2.51. The van der Waals surface area contributed by atoms with Gasteiger partial charge in [0.05, 0.1) is 59.3 Å². The molecule has 0 spiro atoms. The Morgan fingerprint density at radius 2 is 0.562 bits per heavy atom. The van der Waals surface area contributed by atoms with Crippen LogP contribution in [0.1, 0.15) is 0 Å². The highest BCUT2D eigenvalue weighted by atomic mass is 32.3. The first-order valence-electron chi connectivity index (χ1n) is 13.6. The van der Waals surface area contributed by atoms with E-state index < -0.39 is 0 Å². The highest BCUT2D eigenvalue weighted by molar-refractivity contribution is 8.50. The van der Waals surface area contributed by atoms with Crippen molar-refractivity contribution in [3.63, 3.8) is 0 Å². The fourth-order valence-electron chi connectivity index (χ4n) is 4.80. The molecular weight excluding hydrogens is 938 g/mol. The molecule has 0 radical (unpaired) electrons. The first-order valence-corrected chi connectivity index (χ1v) is 30.8. The van der Waals surface area contributed by atoms with Crippen LogP contribution in [0.15, 0.2) is 84.9 Å². The van der Waals surface area contributed by atoms with Gasteiger partial charge in [0.25, 0.3) is 0 Å². The lowest BCUT2D eigenvalue weighted by molar-refractivity contribution is 1.29. The van der Waals surface area contributed by atoms with E-state index in [0.717, 1.165) is 0 Å². The third-order valence-corrected chi connectivity index (χ3v) is 31.8. The van der Waals surface area contributed by atoms with Crippen molar-refractivity contribution in [2.75, 3.05) is 37.5 Å². The third kappa shape index (κ3) is 7.40. The Balaban J connectivity index is 1.13. The minimum Gasteiger partial charge on any atom is -0.121 e. The van der Waals surface area contributed by atoms with Crippen molar-refractivity contribution in [3.8, 4) is 0 Å². The summed E-state index contributed by atoms with van der Waals surface area (Å²) < 4.78 is 20.1. The Hall–Kier alpha value is 3.18. The first-order chi connectivity index (χ1) is 23.4. The molecule has 0 saturated heterocycles. The second kappa shape index (κ2) is 16.7. The minimum absolute atomic E-state index is 1.37. The van der Waals surface area contributed by atoms with Gasteiger partial charge < -0.3 is 0 Å². The number of thioether (sulfide) groups is 18. The summed E-state index contributed by atoms with van der Waals surface area (Å²) in [6, 6.07) is 9.81. The maximum Gasteiger partial charge on any atom is 0.0718 e. The van der Waals surface area contributed by atoms with Crippen molar-refractivity contribution in [2.24, 2.45) is 0 Å². The Bertz CT molecular complexity index is 1920. The SMILES string of the molecule is CSC1=C(SC)SC(=C2SC3=C(S2)SC(=C2Sc4cc5c(=C6SC(SC)=C(SC)S6)ccc(=C6SC(SC)=C(SC)S6)c5cc4S2)S3)S1. The summed E-state index contributed by atoms with van der Waals surface area (Å²) in [5.74, 6) is 0. The minimum atomic E-state index is 1.37. The molecule has 2 aromatic rings. The Kier molecular flexibility index (Phi) is 13.3. The van der Waals surface area contributed by atoms with Gasteiger partial charge in [0, 0.05) is 20.2 Å². The van der Waals surface area contributed by atoms with E-state index in [2.05, 4.69) is 61.8 Å². The zero-order valence-corrected chi connectivity index (χ0v) is 40.4. The second-order valence-electron chi connectivity index (χ2n) is 9.48. The van der Waals surface area contributed by atoms with Crippen molar-refractivity contribution in [2.45, 2.75) is 9.79 Å². The van der Waals surface area contributed by atoms with Crippen LogP contribution in [0.5, 0.6) is 0 Å². The molecule has 0 aromatic heterocycles. The van der Waals surface area contributed by atoms with Gasteiger partial charge in [0.15, 0.2) is 0 Å². The molecule has 18 heteroatoms. The molecule has 2 aromatic carbocycles. The van der Waals surface area contributed by atoms with E-state index >= 15 is 0 Å². The van der Waals surface area contributed by atoms with E-state index in [0.29, 0.717) is 0 Å². The van der Waals surface area contributed by atoms with Gasteiger partial charge in [-0.2, -0.15) is 0 Å². The Morgan fingerprint density at radius 3 is 0.854 bits per heavy atom. The topological polar surface area (TPSA) is 0 Å². The molecule has 48 heavy (non-hydrogen) atoms. The van der Waals surface area contributed by atoms with Gasteiger partial charge in [-0.05, 0) is 60.4 Å². The highest BCUT2D eigenvalue weighted by Crippen LogP contribution is 2.72. The van der Waals surface area contributed by atoms with E-state index in [1.54, 1.807) is 0 Å². The fraction of sp³-hybridized carbons (Fsp3) is 0.200. The molecule has 6 aliphatic heterocycles. The van der Waals surface area contributed by atoms with Crippen molar-refractivity contribution < 1.29 is 0 Å². The van der Waals surface area contributed by atoms with Crippen LogP contribution in [-0.2, 0) is 0 Å². The average Bonchev–Trinajstić information content (AvgIpc) is 3.95. The number of hydrogen-bond acceptors (Lipinski definition) is 18. The molecule has 0 fully saturated rings. The Morgan fingerprint density at radius 1 is 0.312 bits per heavy atom. The van der Waals surface area contributed by atoms with Gasteiger partial charge in [-0.15, -0.1) is 70.6 Å². The van der Waals surface area contributed by atoms with Gasteiger partial charge in [0.2, 0.25) is 0 Å². The molecule has 0 aliphatic carbocycles. The van der Waals surface area contributed by atoms with Gasteiger partial charge in [0.1, 0.15) is 0 Å². The van der Waals surface area contributed by atoms with E-state index in [1.165, 1.54) is 90.3 Å². The zero-order valence-electron chi connectivity index (χ0n) is 25.7. The van der Waals surface area contributed by atoms with Crippen LogP contribution in [0, 0.1) is 0 Å². The molecule has 6 aliphatic rings. The van der Waals surface area contributed by atoms with Crippen molar-refractivity contribution in [3.05, 3.63) is 85.5 Å². The van der Waals surface area contributed by atoms with Crippen LogP contribution >= 0.6 is 212 Å². The van der Waals surface area contributed by atoms with Crippen molar-refractivity contribution in [1.82, 2.24) is 0 Å².